The van der Waals surface area contributed by atoms with Gasteiger partial charge in [-0.2, -0.15) is 0 Å². The summed E-state index contributed by atoms with van der Waals surface area (Å²) in [4.78, 5) is 1.35. The molecule has 0 saturated heterocycles. The lowest BCUT2D eigenvalue weighted by molar-refractivity contribution is 0.340. The van der Waals surface area contributed by atoms with Crippen LogP contribution in [-0.2, 0) is 0 Å². The van der Waals surface area contributed by atoms with Gasteiger partial charge in [-0.1, -0.05) is 0 Å². The largest absolute Gasteiger partial charge is 0.494 e. The normalized spacial score (nSPS) is 10.8. The molecule has 0 atom stereocenters. The fourth-order valence-corrected chi connectivity index (χ4v) is 3.36. The Hall–Kier alpha value is -0.290. The van der Waals surface area contributed by atoms with E-state index in [1.165, 1.54) is 18.5 Å². The van der Waals surface area contributed by atoms with Crippen LogP contribution >= 0.6 is 33.9 Å². The molecule has 0 amide bonds. The van der Waals surface area contributed by atoms with Gasteiger partial charge in [0, 0.05) is 18.5 Å². The molecule has 2 aromatic rings. The van der Waals surface area contributed by atoms with E-state index in [4.69, 9.17) is 4.74 Å². The summed E-state index contributed by atoms with van der Waals surface area (Å²) in [6.45, 7) is 4.88. The minimum Gasteiger partial charge on any atom is -0.494 e. The zero-order valence-corrected chi connectivity index (χ0v) is 11.1. The number of benzene rings is 1. The number of fused-ring (bicyclic) bond motifs is 1. The van der Waals surface area contributed by atoms with Crippen LogP contribution in [0.5, 0.6) is 5.75 Å². The molecule has 0 unspecified atom stereocenters. The summed E-state index contributed by atoms with van der Waals surface area (Å²) in [6, 6.07) is 6.45. The Labute approximate surface area is 101 Å². The van der Waals surface area contributed by atoms with E-state index in [1.807, 2.05) is 18.3 Å². The first-order valence-electron chi connectivity index (χ1n) is 4.53. The van der Waals surface area contributed by atoms with Gasteiger partial charge in [0.05, 0.1) is 6.61 Å². The average Bonchev–Trinajstić information content (AvgIpc) is 2.47. The van der Waals surface area contributed by atoms with E-state index in [-0.39, 0.29) is 0 Å². The summed E-state index contributed by atoms with van der Waals surface area (Å²) >= 11 is 4.18. The number of ether oxygens (including phenoxy) is 1. The lowest BCUT2D eigenvalue weighted by Gasteiger charge is -2.03. The van der Waals surface area contributed by atoms with Crippen LogP contribution in [0.2, 0.25) is 0 Å². The minimum absolute atomic E-state index is 0.728. The van der Waals surface area contributed by atoms with Crippen LogP contribution in [0.3, 0.4) is 0 Å². The predicted molar refractivity (Wildman–Crippen MR) is 70.4 cm³/mol. The summed E-state index contributed by atoms with van der Waals surface area (Å²) in [7, 11) is 0. The smallest absolute Gasteiger partial charge is 0.121 e. The highest BCUT2D eigenvalue weighted by Crippen LogP contribution is 2.32. The van der Waals surface area contributed by atoms with Gasteiger partial charge in [-0.05, 0) is 54.6 Å². The zero-order chi connectivity index (χ0) is 10.1. The summed E-state index contributed by atoms with van der Waals surface area (Å²) < 4.78 is 8.09. The van der Waals surface area contributed by atoms with Gasteiger partial charge in [0.2, 0.25) is 0 Å². The maximum Gasteiger partial charge on any atom is 0.121 e. The van der Waals surface area contributed by atoms with Crippen LogP contribution < -0.4 is 4.74 Å². The molecule has 2 rings (SSSR count). The topological polar surface area (TPSA) is 9.23 Å². The van der Waals surface area contributed by atoms with Crippen LogP contribution in [0.4, 0.5) is 0 Å². The summed E-state index contributed by atoms with van der Waals surface area (Å²) in [5, 5.41) is 1.34. The number of hydrogen-bond acceptors (Lipinski definition) is 2. The third-order valence-electron chi connectivity index (χ3n) is 1.99. The van der Waals surface area contributed by atoms with Gasteiger partial charge in [0.1, 0.15) is 5.75 Å². The molecule has 3 heteroatoms. The molecule has 0 aliphatic carbocycles. The molecule has 1 heterocycles. The van der Waals surface area contributed by atoms with E-state index in [2.05, 4.69) is 47.7 Å². The van der Waals surface area contributed by atoms with Crippen LogP contribution in [0.1, 0.15) is 11.8 Å². The highest BCUT2D eigenvalue weighted by Gasteiger charge is 2.05. The third-order valence-corrected chi connectivity index (χ3v) is 3.88. The molecular weight excluding hydrogens is 307 g/mol. The molecule has 0 fully saturated rings. The van der Waals surface area contributed by atoms with Crippen molar-refractivity contribution in [3.8, 4) is 5.75 Å². The molecular formula is C11H11IOS. The quantitative estimate of drug-likeness (QED) is 0.754. The number of hydrogen-bond donors (Lipinski definition) is 0. The molecule has 0 N–H and O–H groups in total. The Balaban J connectivity index is 2.59. The molecule has 1 aromatic heterocycles. The van der Waals surface area contributed by atoms with Crippen molar-refractivity contribution in [2.75, 3.05) is 6.61 Å². The monoisotopic (exact) mass is 318 g/mol. The van der Waals surface area contributed by atoms with Gasteiger partial charge >= 0.3 is 0 Å². The van der Waals surface area contributed by atoms with E-state index < -0.39 is 0 Å². The van der Waals surface area contributed by atoms with Gasteiger partial charge < -0.3 is 4.74 Å². The molecule has 14 heavy (non-hydrogen) atoms. The van der Waals surface area contributed by atoms with Crippen LogP contribution in [-0.4, -0.2) is 6.61 Å². The lowest BCUT2D eigenvalue weighted by atomic mass is 10.2. The van der Waals surface area contributed by atoms with Crippen molar-refractivity contribution >= 4 is 44.0 Å². The summed E-state index contributed by atoms with van der Waals surface area (Å²) in [6.07, 6.45) is 0. The highest BCUT2D eigenvalue weighted by molar-refractivity contribution is 14.1. The molecule has 0 radical (unpaired) electrons. The molecule has 74 valence electrons. The van der Waals surface area contributed by atoms with Crippen LogP contribution in [0.25, 0.3) is 10.1 Å². The molecule has 1 aromatic carbocycles. The van der Waals surface area contributed by atoms with E-state index >= 15 is 0 Å². The fourth-order valence-electron chi connectivity index (χ4n) is 1.45. The lowest BCUT2D eigenvalue weighted by Crippen LogP contribution is -1.91. The first-order valence-corrected chi connectivity index (χ1v) is 6.42. The van der Waals surface area contributed by atoms with Crippen molar-refractivity contribution < 1.29 is 4.74 Å². The molecule has 0 spiro atoms. The van der Waals surface area contributed by atoms with E-state index in [0.717, 1.165) is 12.4 Å². The molecule has 0 aliphatic rings. The van der Waals surface area contributed by atoms with Crippen molar-refractivity contribution in [1.29, 1.82) is 0 Å². The van der Waals surface area contributed by atoms with E-state index in [0.29, 0.717) is 0 Å². The van der Waals surface area contributed by atoms with Gasteiger partial charge in [-0.25, -0.2) is 0 Å². The number of halogens is 1. The van der Waals surface area contributed by atoms with Crippen molar-refractivity contribution in [1.82, 2.24) is 0 Å². The Kier molecular flexibility index (Phi) is 2.97. The fraction of sp³-hybridized carbons (Fsp3) is 0.273. The Morgan fingerprint density at radius 3 is 2.86 bits per heavy atom. The second-order valence-electron chi connectivity index (χ2n) is 3.11. The van der Waals surface area contributed by atoms with Crippen molar-refractivity contribution in [3.05, 3.63) is 26.6 Å². The number of rotatable bonds is 2. The third kappa shape index (κ3) is 1.88. The van der Waals surface area contributed by atoms with E-state index in [1.54, 1.807) is 0 Å². The van der Waals surface area contributed by atoms with Gasteiger partial charge in [-0.3, -0.25) is 0 Å². The minimum atomic E-state index is 0.728. The average molecular weight is 318 g/mol. The Bertz CT molecular complexity index is 462. The summed E-state index contributed by atoms with van der Waals surface area (Å²) in [5.41, 5.74) is 0. The second kappa shape index (κ2) is 4.06. The maximum absolute atomic E-state index is 5.51. The zero-order valence-electron chi connectivity index (χ0n) is 8.13. The van der Waals surface area contributed by atoms with Gasteiger partial charge in [-0.15, -0.1) is 11.3 Å². The Morgan fingerprint density at radius 1 is 1.36 bits per heavy atom. The highest BCUT2D eigenvalue weighted by atomic mass is 127. The van der Waals surface area contributed by atoms with Gasteiger partial charge in [0.15, 0.2) is 0 Å². The second-order valence-corrected chi connectivity index (χ2v) is 5.56. The van der Waals surface area contributed by atoms with Crippen LogP contribution in [0, 0.1) is 10.5 Å². The molecule has 1 nitrogen and oxygen atoms in total. The first-order chi connectivity index (χ1) is 6.70. The molecule has 0 saturated carbocycles. The maximum atomic E-state index is 5.51. The number of thiophene rings is 1. The van der Waals surface area contributed by atoms with E-state index in [9.17, 15) is 0 Å². The first kappa shape index (κ1) is 10.2. The predicted octanol–water partition coefficient (Wildman–Crippen LogP) is 4.21. The summed E-state index contributed by atoms with van der Waals surface area (Å²) in [5.74, 6) is 0.978. The van der Waals surface area contributed by atoms with Gasteiger partial charge in [0.25, 0.3) is 0 Å². The SMILES string of the molecule is CCOc1cc(I)c2cc(C)sc2c1. The molecule has 0 aliphatic heterocycles. The standard InChI is InChI=1S/C11H11IOS/c1-3-13-8-5-10(12)9-4-7(2)14-11(9)6-8/h4-6H,3H2,1-2H3. The molecule has 0 bridgehead atoms. The van der Waals surface area contributed by atoms with Crippen molar-refractivity contribution in [3.63, 3.8) is 0 Å². The number of aryl methyl sites for hydroxylation is 1. The Morgan fingerprint density at radius 2 is 2.14 bits per heavy atom. The van der Waals surface area contributed by atoms with Crippen LogP contribution in [0.15, 0.2) is 18.2 Å². The van der Waals surface area contributed by atoms with Crippen molar-refractivity contribution in [2.45, 2.75) is 13.8 Å². The van der Waals surface area contributed by atoms with Crippen molar-refractivity contribution in [2.24, 2.45) is 0 Å².